The summed E-state index contributed by atoms with van der Waals surface area (Å²) in [6, 6.07) is 3.59. The van der Waals surface area contributed by atoms with Crippen LogP contribution in [-0.4, -0.2) is 24.3 Å². The lowest BCUT2D eigenvalue weighted by Crippen LogP contribution is -2.34. The Kier molecular flexibility index (Phi) is 4.27. The Morgan fingerprint density at radius 2 is 1.92 bits per heavy atom. The highest BCUT2D eigenvalue weighted by atomic mass is 127. The first kappa shape index (κ1) is 11.5. The molecule has 0 atom stereocenters. The molecule has 0 saturated carbocycles. The van der Waals surface area contributed by atoms with Crippen LogP contribution in [0.15, 0.2) is 12.1 Å². The predicted octanol–water partition coefficient (Wildman–Crippen LogP) is 0.584. The number of ether oxygens (including phenoxy) is 1. The van der Waals surface area contributed by atoms with Gasteiger partial charge >= 0.3 is 7.12 Å². The van der Waals surface area contributed by atoms with Gasteiger partial charge in [0.05, 0.1) is 7.11 Å². The van der Waals surface area contributed by atoms with Gasteiger partial charge in [-0.1, -0.05) is 0 Å². The molecule has 0 aliphatic carbocycles. The summed E-state index contributed by atoms with van der Waals surface area (Å²) in [4.78, 5) is 0. The standard InChI is InChI=1S/C7H7BI2O3/c1-13-5-3-2-4(9)7(10)6(5)8(11)12/h2-3,11-12H,1H3. The third-order valence-electron chi connectivity index (χ3n) is 1.57. The summed E-state index contributed by atoms with van der Waals surface area (Å²) in [6.07, 6.45) is 0. The molecular formula is C7H7BI2O3. The summed E-state index contributed by atoms with van der Waals surface area (Å²) in [6.45, 7) is 0. The van der Waals surface area contributed by atoms with Crippen molar-refractivity contribution in [3.05, 3.63) is 19.3 Å². The van der Waals surface area contributed by atoms with Crippen molar-refractivity contribution in [2.45, 2.75) is 0 Å². The minimum Gasteiger partial charge on any atom is -0.497 e. The number of methoxy groups -OCH3 is 1. The van der Waals surface area contributed by atoms with Crippen LogP contribution in [0.4, 0.5) is 0 Å². The van der Waals surface area contributed by atoms with Crippen LogP contribution in [0.1, 0.15) is 0 Å². The number of halogens is 2. The van der Waals surface area contributed by atoms with E-state index in [1.807, 2.05) is 6.07 Å². The number of hydrogen-bond donors (Lipinski definition) is 2. The van der Waals surface area contributed by atoms with Crippen LogP contribution in [-0.2, 0) is 0 Å². The molecule has 0 aliphatic rings. The first-order chi connectivity index (χ1) is 6.07. The average molecular weight is 404 g/mol. The first-order valence-electron chi connectivity index (χ1n) is 3.46. The molecule has 0 heterocycles. The molecule has 2 N–H and O–H groups in total. The summed E-state index contributed by atoms with van der Waals surface area (Å²) >= 11 is 4.19. The van der Waals surface area contributed by atoms with E-state index in [0.29, 0.717) is 11.2 Å². The number of benzene rings is 1. The zero-order valence-electron chi connectivity index (χ0n) is 6.79. The molecule has 1 aromatic rings. The van der Waals surface area contributed by atoms with Gasteiger partial charge in [-0.3, -0.25) is 0 Å². The fourth-order valence-corrected chi connectivity index (χ4v) is 2.16. The lowest BCUT2D eigenvalue weighted by molar-refractivity contribution is 0.402. The molecule has 0 radical (unpaired) electrons. The molecule has 0 spiro atoms. The second-order valence-corrected chi connectivity index (χ2v) is 4.59. The lowest BCUT2D eigenvalue weighted by atomic mass is 9.79. The van der Waals surface area contributed by atoms with Gasteiger partial charge in [0.25, 0.3) is 0 Å². The Balaban J connectivity index is 3.32. The normalized spacial score (nSPS) is 9.92. The van der Waals surface area contributed by atoms with Gasteiger partial charge in [0, 0.05) is 12.6 Å². The average Bonchev–Trinajstić information content (AvgIpc) is 2.08. The van der Waals surface area contributed by atoms with Gasteiger partial charge in [0.15, 0.2) is 0 Å². The quantitative estimate of drug-likeness (QED) is 0.561. The van der Waals surface area contributed by atoms with Gasteiger partial charge in [-0.25, -0.2) is 0 Å². The van der Waals surface area contributed by atoms with E-state index in [4.69, 9.17) is 14.8 Å². The Bertz CT molecular complexity index is 317. The molecule has 6 heteroatoms. The molecule has 0 aromatic heterocycles. The molecular weight excluding hydrogens is 397 g/mol. The second kappa shape index (κ2) is 4.81. The zero-order valence-corrected chi connectivity index (χ0v) is 11.1. The van der Waals surface area contributed by atoms with Crippen LogP contribution in [0, 0.1) is 7.14 Å². The topological polar surface area (TPSA) is 49.7 Å². The largest absolute Gasteiger partial charge is 0.497 e. The highest BCUT2D eigenvalue weighted by molar-refractivity contribution is 14.1. The van der Waals surface area contributed by atoms with Crippen molar-refractivity contribution in [1.82, 2.24) is 0 Å². The van der Waals surface area contributed by atoms with E-state index < -0.39 is 7.12 Å². The van der Waals surface area contributed by atoms with E-state index in [9.17, 15) is 0 Å². The highest BCUT2D eigenvalue weighted by Crippen LogP contribution is 2.19. The Labute approximate surface area is 104 Å². The zero-order chi connectivity index (χ0) is 10.0. The van der Waals surface area contributed by atoms with Crippen molar-refractivity contribution >= 4 is 57.8 Å². The minimum atomic E-state index is -1.49. The molecule has 0 bridgehead atoms. The maximum absolute atomic E-state index is 9.11. The van der Waals surface area contributed by atoms with Crippen molar-refractivity contribution < 1.29 is 14.8 Å². The molecule has 0 saturated heterocycles. The predicted molar refractivity (Wildman–Crippen MR) is 68.3 cm³/mol. The van der Waals surface area contributed by atoms with Crippen molar-refractivity contribution in [3.8, 4) is 5.75 Å². The van der Waals surface area contributed by atoms with E-state index in [-0.39, 0.29) is 0 Å². The van der Waals surface area contributed by atoms with Gasteiger partial charge in [0.1, 0.15) is 5.75 Å². The fourth-order valence-electron chi connectivity index (χ4n) is 0.967. The molecule has 13 heavy (non-hydrogen) atoms. The summed E-state index contributed by atoms with van der Waals surface area (Å²) < 4.78 is 6.80. The van der Waals surface area contributed by atoms with Crippen molar-refractivity contribution in [2.24, 2.45) is 0 Å². The van der Waals surface area contributed by atoms with Gasteiger partial charge in [-0.2, -0.15) is 0 Å². The van der Waals surface area contributed by atoms with Crippen molar-refractivity contribution in [2.75, 3.05) is 7.11 Å². The van der Waals surface area contributed by atoms with E-state index in [2.05, 4.69) is 45.2 Å². The molecule has 1 aromatic carbocycles. The molecule has 70 valence electrons. The smallest absolute Gasteiger partial charge is 0.493 e. The van der Waals surface area contributed by atoms with Crippen molar-refractivity contribution in [1.29, 1.82) is 0 Å². The first-order valence-corrected chi connectivity index (χ1v) is 5.61. The maximum Gasteiger partial charge on any atom is 0.493 e. The SMILES string of the molecule is COc1ccc(I)c(I)c1B(O)O. The van der Waals surface area contributed by atoms with E-state index >= 15 is 0 Å². The van der Waals surface area contributed by atoms with Crippen LogP contribution in [0.2, 0.25) is 0 Å². The third kappa shape index (κ3) is 2.48. The molecule has 0 amide bonds. The summed E-state index contributed by atoms with van der Waals surface area (Å²) in [5.41, 5.74) is 0.426. The third-order valence-corrected chi connectivity index (χ3v) is 4.66. The maximum atomic E-state index is 9.11. The van der Waals surface area contributed by atoms with Crippen LogP contribution < -0.4 is 10.2 Å². The van der Waals surface area contributed by atoms with Gasteiger partial charge in [0.2, 0.25) is 0 Å². The van der Waals surface area contributed by atoms with Gasteiger partial charge in [-0.05, 0) is 57.3 Å². The Morgan fingerprint density at radius 1 is 1.31 bits per heavy atom. The number of rotatable bonds is 2. The highest BCUT2D eigenvalue weighted by Gasteiger charge is 2.21. The van der Waals surface area contributed by atoms with Crippen LogP contribution >= 0.6 is 45.2 Å². The summed E-state index contributed by atoms with van der Waals surface area (Å²) in [7, 11) is 0.0148. The number of hydrogen-bond acceptors (Lipinski definition) is 3. The molecule has 3 nitrogen and oxygen atoms in total. The van der Waals surface area contributed by atoms with Crippen LogP contribution in [0.25, 0.3) is 0 Å². The molecule has 0 aliphatic heterocycles. The summed E-state index contributed by atoms with van der Waals surface area (Å²) in [5.74, 6) is 0.500. The fraction of sp³-hybridized carbons (Fsp3) is 0.143. The molecule has 0 unspecified atom stereocenters. The minimum absolute atomic E-state index is 0.426. The lowest BCUT2D eigenvalue weighted by Gasteiger charge is -2.10. The molecule has 1 rings (SSSR count). The van der Waals surface area contributed by atoms with Crippen LogP contribution in [0.3, 0.4) is 0 Å². The van der Waals surface area contributed by atoms with Crippen LogP contribution in [0.5, 0.6) is 5.75 Å². The van der Waals surface area contributed by atoms with Gasteiger partial charge in [-0.15, -0.1) is 0 Å². The second-order valence-electron chi connectivity index (χ2n) is 2.35. The Hall–Kier alpha value is 0.465. The Morgan fingerprint density at radius 3 is 2.38 bits per heavy atom. The van der Waals surface area contributed by atoms with Gasteiger partial charge < -0.3 is 14.8 Å². The van der Waals surface area contributed by atoms with E-state index in [1.54, 1.807) is 6.07 Å². The van der Waals surface area contributed by atoms with E-state index in [1.165, 1.54) is 7.11 Å². The van der Waals surface area contributed by atoms with E-state index in [0.717, 1.165) is 7.14 Å². The van der Waals surface area contributed by atoms with Crippen molar-refractivity contribution in [3.63, 3.8) is 0 Å². The summed E-state index contributed by atoms with van der Waals surface area (Å²) in [5, 5.41) is 18.2. The monoisotopic (exact) mass is 404 g/mol. The molecule has 0 fully saturated rings.